The summed E-state index contributed by atoms with van der Waals surface area (Å²) in [5.74, 6) is -0.554. The van der Waals surface area contributed by atoms with Crippen LogP contribution in [0.25, 0.3) is 0 Å². The number of carbonyl (C=O) groups is 2. The number of hydrogen-bond donors (Lipinski definition) is 1. The summed E-state index contributed by atoms with van der Waals surface area (Å²) in [6.45, 7) is 1.29. The van der Waals surface area contributed by atoms with Gasteiger partial charge >= 0.3 is 11.7 Å². The number of ether oxygens (including phenoxy) is 1. The van der Waals surface area contributed by atoms with Crippen molar-refractivity contribution in [2.24, 2.45) is 0 Å². The third kappa shape index (κ3) is 2.44. The average molecular weight is 318 g/mol. The highest BCUT2D eigenvalue weighted by atomic mass is 16.6. The lowest BCUT2D eigenvalue weighted by Gasteiger charge is -2.25. The first kappa shape index (κ1) is 16.2. The van der Waals surface area contributed by atoms with Gasteiger partial charge in [0.2, 0.25) is 0 Å². The zero-order valence-corrected chi connectivity index (χ0v) is 12.5. The molecule has 0 radical (unpaired) electrons. The Morgan fingerprint density at radius 2 is 2.17 bits per heavy atom. The van der Waals surface area contributed by atoms with Crippen LogP contribution in [0.1, 0.15) is 18.9 Å². The number of carbonyl (C=O) groups excluding carboxylic acids is 2. The van der Waals surface area contributed by atoms with E-state index in [0.29, 0.717) is 0 Å². The predicted octanol–water partition coefficient (Wildman–Crippen LogP) is 1.28. The van der Waals surface area contributed by atoms with E-state index in [1.165, 1.54) is 25.3 Å². The van der Waals surface area contributed by atoms with E-state index < -0.39 is 22.4 Å². The van der Waals surface area contributed by atoms with Gasteiger partial charge in [-0.05, 0) is 18.1 Å². The highest BCUT2D eigenvalue weighted by Crippen LogP contribution is 2.37. The van der Waals surface area contributed by atoms with Crippen molar-refractivity contribution < 1.29 is 19.2 Å². The smallest absolute Gasteiger partial charge is 0.326 e. The molecule has 1 N–H and O–H groups in total. The zero-order valence-electron chi connectivity index (χ0n) is 12.5. The maximum absolute atomic E-state index is 12.6. The molecule has 3 amide bonds. The van der Waals surface area contributed by atoms with Crippen LogP contribution in [0.3, 0.4) is 0 Å². The molecule has 0 bridgehead atoms. The fourth-order valence-electron chi connectivity index (χ4n) is 2.58. The third-order valence-corrected chi connectivity index (χ3v) is 3.80. The summed E-state index contributed by atoms with van der Waals surface area (Å²) in [6.07, 6.45) is 0.184. The summed E-state index contributed by atoms with van der Waals surface area (Å²) in [5, 5.41) is 22.4. The molecule has 1 saturated heterocycles. The molecule has 9 heteroatoms. The third-order valence-electron chi connectivity index (χ3n) is 3.80. The summed E-state index contributed by atoms with van der Waals surface area (Å²) in [6, 6.07) is 5.12. The Labute approximate surface area is 131 Å². The fraction of sp³-hybridized carbons (Fsp3) is 0.357. The van der Waals surface area contributed by atoms with Gasteiger partial charge in [-0.2, -0.15) is 5.26 Å². The molecule has 0 aromatic heterocycles. The number of nitro groups is 1. The second-order valence-corrected chi connectivity index (χ2v) is 4.88. The first-order valence-electron chi connectivity index (χ1n) is 6.75. The van der Waals surface area contributed by atoms with Crippen LogP contribution in [0.5, 0.6) is 5.75 Å². The van der Waals surface area contributed by atoms with Crippen molar-refractivity contribution in [3.8, 4) is 11.8 Å². The molecule has 23 heavy (non-hydrogen) atoms. The largest absolute Gasteiger partial charge is 0.490 e. The van der Waals surface area contributed by atoms with Gasteiger partial charge in [-0.15, -0.1) is 0 Å². The number of nitrogens with zero attached hydrogens (tertiary/aromatic N) is 3. The first-order valence-corrected chi connectivity index (χ1v) is 6.75. The topological polar surface area (TPSA) is 126 Å². The lowest BCUT2D eigenvalue weighted by molar-refractivity contribution is -0.385. The maximum Gasteiger partial charge on any atom is 0.326 e. The van der Waals surface area contributed by atoms with Crippen molar-refractivity contribution in [1.29, 1.82) is 5.26 Å². The predicted molar refractivity (Wildman–Crippen MR) is 77.5 cm³/mol. The van der Waals surface area contributed by atoms with Gasteiger partial charge in [0.05, 0.1) is 18.1 Å². The van der Waals surface area contributed by atoms with Crippen LogP contribution in [-0.2, 0) is 10.3 Å². The number of nitriles is 1. The van der Waals surface area contributed by atoms with Crippen LogP contribution in [0.2, 0.25) is 0 Å². The summed E-state index contributed by atoms with van der Waals surface area (Å²) in [7, 11) is 1.30. The Bertz CT molecular complexity index is 726. The highest BCUT2D eigenvalue weighted by molar-refractivity contribution is 6.07. The highest BCUT2D eigenvalue weighted by Gasteiger charge is 2.51. The Hall–Kier alpha value is -3.15. The van der Waals surface area contributed by atoms with Crippen LogP contribution in [0, 0.1) is 21.4 Å². The normalized spacial score (nSPS) is 20.1. The molecule has 0 aliphatic carbocycles. The van der Waals surface area contributed by atoms with Gasteiger partial charge in [0, 0.05) is 6.07 Å². The zero-order chi connectivity index (χ0) is 17.2. The first-order chi connectivity index (χ1) is 10.9. The molecule has 0 saturated carbocycles. The van der Waals surface area contributed by atoms with Gasteiger partial charge in [-0.3, -0.25) is 14.9 Å². The number of nitrogens with one attached hydrogen (secondary N) is 1. The summed E-state index contributed by atoms with van der Waals surface area (Å²) >= 11 is 0. The van der Waals surface area contributed by atoms with E-state index in [9.17, 15) is 19.7 Å². The van der Waals surface area contributed by atoms with Gasteiger partial charge in [0.25, 0.3) is 5.91 Å². The van der Waals surface area contributed by atoms with Crippen LogP contribution < -0.4 is 10.1 Å². The summed E-state index contributed by atoms with van der Waals surface area (Å²) in [5.41, 5.74) is -1.46. The van der Waals surface area contributed by atoms with Gasteiger partial charge in [0.15, 0.2) is 5.75 Å². The number of methoxy groups -OCH3 is 1. The average Bonchev–Trinajstić information content (AvgIpc) is 2.79. The molecule has 1 heterocycles. The number of amides is 3. The molecular weight excluding hydrogens is 304 g/mol. The second-order valence-electron chi connectivity index (χ2n) is 4.88. The molecular formula is C14H14N4O5. The Morgan fingerprint density at radius 1 is 1.48 bits per heavy atom. The molecule has 1 aromatic rings. The Morgan fingerprint density at radius 3 is 2.70 bits per heavy atom. The van der Waals surface area contributed by atoms with E-state index in [4.69, 9.17) is 10.00 Å². The van der Waals surface area contributed by atoms with Crippen molar-refractivity contribution in [3.05, 3.63) is 33.9 Å². The maximum atomic E-state index is 12.6. The fourth-order valence-corrected chi connectivity index (χ4v) is 2.58. The second kappa shape index (κ2) is 5.92. The van der Waals surface area contributed by atoms with Crippen molar-refractivity contribution in [3.63, 3.8) is 0 Å². The standard InChI is InChI=1S/C14H14N4O5/c1-3-14(12(19)17(7-6-15)13(20)16-14)9-4-5-11(23-2)10(8-9)18(21)22/h4-5,8H,3,7H2,1-2H3,(H,16,20). The molecule has 120 valence electrons. The summed E-state index contributed by atoms with van der Waals surface area (Å²) < 4.78 is 4.93. The van der Waals surface area contributed by atoms with E-state index in [1.807, 2.05) is 0 Å². The minimum Gasteiger partial charge on any atom is -0.490 e. The molecule has 1 unspecified atom stereocenters. The SMILES string of the molecule is CCC1(c2ccc(OC)c([N+](=O)[O-])c2)NC(=O)N(CC#N)C1=O. The van der Waals surface area contributed by atoms with Gasteiger partial charge in [-0.25, -0.2) is 9.69 Å². The van der Waals surface area contributed by atoms with Crippen LogP contribution in [0.15, 0.2) is 18.2 Å². The molecule has 2 rings (SSSR count). The van der Waals surface area contributed by atoms with Gasteiger partial charge in [-0.1, -0.05) is 13.0 Å². The van der Waals surface area contributed by atoms with E-state index >= 15 is 0 Å². The van der Waals surface area contributed by atoms with Crippen molar-refractivity contribution in [2.45, 2.75) is 18.9 Å². The lowest BCUT2D eigenvalue weighted by atomic mass is 9.86. The lowest BCUT2D eigenvalue weighted by Crippen LogP contribution is -2.43. The number of urea groups is 1. The number of nitro benzene ring substituents is 1. The molecule has 1 fully saturated rings. The number of benzene rings is 1. The Kier molecular flexibility index (Phi) is 4.18. The van der Waals surface area contributed by atoms with E-state index in [0.717, 1.165) is 4.90 Å². The van der Waals surface area contributed by atoms with Crippen molar-refractivity contribution in [2.75, 3.05) is 13.7 Å². The monoisotopic (exact) mass is 318 g/mol. The number of rotatable bonds is 5. The quantitative estimate of drug-likeness (QED) is 0.377. The van der Waals surface area contributed by atoms with E-state index in [-0.39, 0.29) is 30.0 Å². The van der Waals surface area contributed by atoms with Crippen molar-refractivity contribution >= 4 is 17.6 Å². The van der Waals surface area contributed by atoms with Crippen LogP contribution >= 0.6 is 0 Å². The molecule has 1 aromatic carbocycles. The minimum atomic E-state index is -1.43. The van der Waals surface area contributed by atoms with E-state index in [2.05, 4.69) is 5.32 Å². The number of imide groups is 1. The molecule has 1 atom stereocenters. The van der Waals surface area contributed by atoms with Gasteiger partial charge < -0.3 is 10.1 Å². The molecule has 1 aliphatic rings. The van der Waals surface area contributed by atoms with Crippen LogP contribution in [0.4, 0.5) is 10.5 Å². The van der Waals surface area contributed by atoms with E-state index in [1.54, 1.807) is 13.0 Å². The summed E-state index contributed by atoms with van der Waals surface area (Å²) in [4.78, 5) is 35.9. The van der Waals surface area contributed by atoms with Crippen molar-refractivity contribution in [1.82, 2.24) is 10.2 Å². The van der Waals surface area contributed by atoms with Crippen LogP contribution in [-0.4, -0.2) is 35.4 Å². The molecule has 0 spiro atoms. The molecule has 1 aliphatic heterocycles. The minimum absolute atomic E-state index is 0.0515. The number of hydrogen-bond acceptors (Lipinski definition) is 6. The molecule has 9 nitrogen and oxygen atoms in total. The Balaban J connectivity index is 2.56. The van der Waals surface area contributed by atoms with Gasteiger partial charge in [0.1, 0.15) is 12.1 Å².